The summed E-state index contributed by atoms with van der Waals surface area (Å²) in [5, 5.41) is 5.80. The summed E-state index contributed by atoms with van der Waals surface area (Å²) in [6.45, 7) is 0.383. The maximum atomic E-state index is 12.1. The highest BCUT2D eigenvalue weighted by atomic mass is 19.1. The topological polar surface area (TPSA) is 125 Å². The van der Waals surface area contributed by atoms with Gasteiger partial charge in [0.15, 0.2) is 0 Å². The van der Waals surface area contributed by atoms with Gasteiger partial charge in [-0.1, -0.05) is 0 Å². The van der Waals surface area contributed by atoms with Crippen molar-refractivity contribution in [2.45, 2.75) is 6.42 Å². The number of benzene rings is 2. The molecule has 3 amide bonds. The van der Waals surface area contributed by atoms with Crippen LogP contribution in [0.5, 0.6) is 17.2 Å². The smallest absolute Gasteiger partial charge is 0.319 e. The number of carbonyl (C=O) groups is 2. The molecule has 0 spiro atoms. The Hall–Kier alpha value is -3.92. The maximum absolute atomic E-state index is 12.1. The van der Waals surface area contributed by atoms with Gasteiger partial charge in [0.05, 0.1) is 24.4 Å². The van der Waals surface area contributed by atoms with Crippen LogP contribution in [-0.4, -0.2) is 50.5 Å². The first-order valence-corrected chi connectivity index (χ1v) is 10.2. The number of amides is 3. The summed E-state index contributed by atoms with van der Waals surface area (Å²) in [6, 6.07) is 11.2. The molecule has 33 heavy (non-hydrogen) atoms. The van der Waals surface area contributed by atoms with Gasteiger partial charge in [-0.25, -0.2) is 4.79 Å². The number of nitrogens with two attached hydrogens (primary N) is 1. The standard InChI is InChI=1S/C23H25FN4O5/c1-31-11-12-32-21-14-19-17(13-18(21)22(25)29)20(7-10-26-19)33-16-5-3-15(4-6-16)28-23(30)27-9-2-8-24/h3-7,10,13-14H,2,8-9,11-12H2,1H3,(H2,25,29)(H2,27,28,30). The first-order chi connectivity index (χ1) is 16.0. The second kappa shape index (κ2) is 11.6. The normalized spacial score (nSPS) is 10.6. The number of anilines is 1. The molecule has 0 atom stereocenters. The zero-order valence-electron chi connectivity index (χ0n) is 18.1. The number of pyridine rings is 1. The lowest BCUT2D eigenvalue weighted by molar-refractivity contribution is 0.0992. The molecule has 0 bridgehead atoms. The van der Waals surface area contributed by atoms with E-state index in [-0.39, 0.29) is 25.1 Å². The van der Waals surface area contributed by atoms with Gasteiger partial charge in [-0.15, -0.1) is 0 Å². The maximum Gasteiger partial charge on any atom is 0.319 e. The Balaban J connectivity index is 1.77. The predicted molar refractivity (Wildman–Crippen MR) is 122 cm³/mol. The molecule has 0 fully saturated rings. The Morgan fingerprint density at radius 3 is 2.58 bits per heavy atom. The molecule has 0 aliphatic heterocycles. The lowest BCUT2D eigenvalue weighted by Gasteiger charge is -2.13. The Labute approximate surface area is 190 Å². The van der Waals surface area contributed by atoms with Crippen LogP contribution < -0.4 is 25.8 Å². The van der Waals surface area contributed by atoms with E-state index in [0.29, 0.717) is 40.4 Å². The number of alkyl halides is 1. The van der Waals surface area contributed by atoms with E-state index >= 15 is 0 Å². The highest BCUT2D eigenvalue weighted by Crippen LogP contribution is 2.33. The van der Waals surface area contributed by atoms with E-state index in [4.69, 9.17) is 19.9 Å². The summed E-state index contributed by atoms with van der Waals surface area (Å²) in [7, 11) is 1.55. The van der Waals surface area contributed by atoms with Crippen LogP contribution in [0.3, 0.4) is 0 Å². The minimum Gasteiger partial charge on any atom is -0.490 e. The fourth-order valence-corrected chi connectivity index (χ4v) is 2.96. The molecule has 0 radical (unpaired) electrons. The summed E-state index contributed by atoms with van der Waals surface area (Å²) >= 11 is 0. The van der Waals surface area contributed by atoms with Crippen molar-refractivity contribution in [1.29, 1.82) is 0 Å². The number of urea groups is 1. The van der Waals surface area contributed by atoms with Crippen molar-refractivity contribution < 1.29 is 28.2 Å². The molecular formula is C23H25FN4O5. The molecule has 1 aromatic heterocycles. The second-order valence-electron chi connectivity index (χ2n) is 6.93. The third kappa shape index (κ3) is 6.53. The summed E-state index contributed by atoms with van der Waals surface area (Å²) in [6.07, 6.45) is 1.84. The van der Waals surface area contributed by atoms with E-state index in [1.165, 1.54) is 0 Å². The average molecular weight is 456 g/mol. The number of halogens is 1. The Morgan fingerprint density at radius 1 is 1.09 bits per heavy atom. The van der Waals surface area contributed by atoms with Crippen LogP contribution >= 0.6 is 0 Å². The van der Waals surface area contributed by atoms with Crippen molar-refractivity contribution in [2.24, 2.45) is 5.73 Å². The van der Waals surface area contributed by atoms with Crippen molar-refractivity contribution in [3.05, 3.63) is 54.2 Å². The predicted octanol–water partition coefficient (Wildman–Crippen LogP) is 3.63. The van der Waals surface area contributed by atoms with E-state index in [1.807, 2.05) is 0 Å². The van der Waals surface area contributed by atoms with Gasteiger partial charge in [0, 0.05) is 37.0 Å². The molecule has 4 N–H and O–H groups in total. The summed E-state index contributed by atoms with van der Waals surface area (Å²) in [5.74, 6) is 0.652. The molecule has 2 aromatic carbocycles. The second-order valence-corrected chi connectivity index (χ2v) is 6.93. The fourth-order valence-electron chi connectivity index (χ4n) is 2.96. The molecule has 0 saturated heterocycles. The van der Waals surface area contributed by atoms with Gasteiger partial charge in [0.2, 0.25) is 0 Å². The van der Waals surface area contributed by atoms with E-state index in [0.717, 1.165) is 0 Å². The minimum absolute atomic E-state index is 0.203. The largest absolute Gasteiger partial charge is 0.490 e. The molecule has 0 aliphatic carbocycles. The van der Waals surface area contributed by atoms with Gasteiger partial charge in [-0.3, -0.25) is 14.2 Å². The van der Waals surface area contributed by atoms with E-state index in [2.05, 4.69) is 15.6 Å². The monoisotopic (exact) mass is 456 g/mol. The van der Waals surface area contributed by atoms with Gasteiger partial charge in [-0.05, 0) is 42.8 Å². The molecule has 10 heteroatoms. The van der Waals surface area contributed by atoms with E-state index < -0.39 is 18.6 Å². The van der Waals surface area contributed by atoms with Crippen LogP contribution in [0.15, 0.2) is 48.7 Å². The van der Waals surface area contributed by atoms with Crippen LogP contribution in [0.4, 0.5) is 14.9 Å². The molecule has 3 aromatic rings. The minimum atomic E-state index is -0.640. The van der Waals surface area contributed by atoms with Crippen molar-refractivity contribution in [3.8, 4) is 17.2 Å². The first kappa shape index (κ1) is 23.7. The number of methoxy groups -OCH3 is 1. The van der Waals surface area contributed by atoms with E-state index in [9.17, 15) is 14.0 Å². The number of hydrogen-bond acceptors (Lipinski definition) is 6. The lowest BCUT2D eigenvalue weighted by atomic mass is 10.1. The summed E-state index contributed by atoms with van der Waals surface area (Å²) < 4.78 is 28.7. The van der Waals surface area contributed by atoms with Gasteiger partial charge < -0.3 is 30.6 Å². The Bertz CT molecular complexity index is 1110. The Kier molecular flexibility index (Phi) is 8.36. The summed E-state index contributed by atoms with van der Waals surface area (Å²) in [4.78, 5) is 28.1. The van der Waals surface area contributed by atoms with Gasteiger partial charge in [0.25, 0.3) is 5.91 Å². The number of ether oxygens (including phenoxy) is 3. The third-order valence-electron chi connectivity index (χ3n) is 4.55. The zero-order valence-corrected chi connectivity index (χ0v) is 18.1. The molecule has 0 saturated carbocycles. The summed E-state index contributed by atoms with van der Waals surface area (Å²) in [5.41, 5.74) is 6.85. The zero-order chi connectivity index (χ0) is 23.6. The molecular weight excluding hydrogens is 431 g/mol. The van der Waals surface area contributed by atoms with Gasteiger partial charge in [-0.2, -0.15) is 0 Å². The number of fused-ring (bicyclic) bond motifs is 1. The molecule has 3 rings (SSSR count). The number of rotatable bonds is 11. The van der Waals surface area contributed by atoms with Crippen molar-refractivity contribution in [2.75, 3.05) is 38.9 Å². The fraction of sp³-hybridized carbons (Fsp3) is 0.261. The third-order valence-corrected chi connectivity index (χ3v) is 4.55. The highest BCUT2D eigenvalue weighted by Gasteiger charge is 2.15. The first-order valence-electron chi connectivity index (χ1n) is 10.2. The highest BCUT2D eigenvalue weighted by molar-refractivity contribution is 6.01. The number of aromatic nitrogens is 1. The molecule has 0 unspecified atom stereocenters. The number of carbonyl (C=O) groups excluding carboxylic acids is 2. The van der Waals surface area contributed by atoms with E-state index in [1.54, 1.807) is 55.8 Å². The van der Waals surface area contributed by atoms with Gasteiger partial charge >= 0.3 is 6.03 Å². The quantitative estimate of drug-likeness (QED) is 0.379. The molecule has 1 heterocycles. The van der Waals surface area contributed by atoms with Gasteiger partial charge in [0.1, 0.15) is 23.9 Å². The van der Waals surface area contributed by atoms with Crippen LogP contribution in [0.1, 0.15) is 16.8 Å². The lowest BCUT2D eigenvalue weighted by Crippen LogP contribution is -2.29. The van der Waals surface area contributed by atoms with Crippen molar-refractivity contribution in [3.63, 3.8) is 0 Å². The van der Waals surface area contributed by atoms with Crippen molar-refractivity contribution in [1.82, 2.24) is 10.3 Å². The van der Waals surface area contributed by atoms with Crippen LogP contribution in [0.25, 0.3) is 10.9 Å². The number of primary amides is 1. The molecule has 9 nitrogen and oxygen atoms in total. The number of nitrogens with zero attached hydrogens (tertiary/aromatic N) is 1. The molecule has 0 aliphatic rings. The van der Waals surface area contributed by atoms with Crippen LogP contribution in [0, 0.1) is 0 Å². The SMILES string of the molecule is COCCOc1cc2nccc(Oc3ccc(NC(=O)NCCCF)cc3)c2cc1C(N)=O. The number of nitrogens with one attached hydrogen (secondary N) is 2. The van der Waals surface area contributed by atoms with Crippen LogP contribution in [-0.2, 0) is 4.74 Å². The van der Waals surface area contributed by atoms with Crippen molar-refractivity contribution >= 4 is 28.5 Å². The average Bonchev–Trinajstić information content (AvgIpc) is 2.80. The number of hydrogen-bond donors (Lipinski definition) is 3. The Morgan fingerprint density at radius 2 is 1.88 bits per heavy atom. The molecule has 174 valence electrons. The van der Waals surface area contributed by atoms with Crippen LogP contribution in [0.2, 0.25) is 0 Å².